The molecule has 1 atom stereocenters. The number of benzene rings is 1. The molecule has 0 radical (unpaired) electrons. The van der Waals surface area contributed by atoms with Gasteiger partial charge in [-0.25, -0.2) is 0 Å². The summed E-state index contributed by atoms with van der Waals surface area (Å²) in [6.07, 6.45) is 1.27. The first-order chi connectivity index (χ1) is 11.7. The molecule has 25 heavy (non-hydrogen) atoms. The van der Waals surface area contributed by atoms with Crippen LogP contribution in [0.5, 0.6) is 0 Å². The zero-order valence-electron chi connectivity index (χ0n) is 14.7. The minimum Gasteiger partial charge on any atom is -0.326 e. The number of hydrogen-bond acceptors (Lipinski definition) is 4. The molecule has 1 fully saturated rings. The fraction of sp³-hybridized carbons (Fsp3) is 0.500. The second-order valence-corrected chi connectivity index (χ2v) is 8.38. The summed E-state index contributed by atoms with van der Waals surface area (Å²) in [7, 11) is -0.563. The number of carbonyl (C=O) groups excluding carboxylic acids is 2. The molecule has 0 saturated carbocycles. The first-order valence-electron chi connectivity index (χ1n) is 8.06. The van der Waals surface area contributed by atoms with E-state index in [-0.39, 0.29) is 18.4 Å². The van der Waals surface area contributed by atoms with Gasteiger partial charge in [0.15, 0.2) is 0 Å². The van der Waals surface area contributed by atoms with Crippen LogP contribution in [0, 0.1) is 5.92 Å². The molecule has 1 heterocycles. The second kappa shape index (κ2) is 7.94. The Morgan fingerprint density at radius 2 is 1.84 bits per heavy atom. The third kappa shape index (κ3) is 5.00. The summed E-state index contributed by atoms with van der Waals surface area (Å²) in [6, 6.07) is 6.84. The average Bonchev–Trinajstić information content (AvgIpc) is 2.54. The van der Waals surface area contributed by atoms with E-state index in [9.17, 15) is 18.0 Å². The highest BCUT2D eigenvalue weighted by Gasteiger charge is 2.33. The molecule has 1 saturated heterocycles. The summed E-state index contributed by atoms with van der Waals surface area (Å²) in [5.41, 5.74) is 1.15. The van der Waals surface area contributed by atoms with E-state index in [0.29, 0.717) is 30.8 Å². The summed E-state index contributed by atoms with van der Waals surface area (Å²) in [6.45, 7) is 1.99. The molecule has 0 unspecified atom stereocenters. The van der Waals surface area contributed by atoms with Crippen LogP contribution in [-0.2, 0) is 19.8 Å². The Morgan fingerprint density at radius 3 is 2.44 bits per heavy atom. The van der Waals surface area contributed by atoms with Gasteiger partial charge >= 0.3 is 0 Å². The predicted octanol–water partition coefficient (Wildman–Crippen LogP) is 1.10. The van der Waals surface area contributed by atoms with E-state index >= 15 is 0 Å². The van der Waals surface area contributed by atoms with Crippen LogP contribution >= 0.6 is 0 Å². The normalized spacial score (nSPS) is 18.8. The number of rotatable bonds is 5. The Balaban J connectivity index is 2.04. The van der Waals surface area contributed by atoms with Gasteiger partial charge in [0, 0.05) is 45.5 Å². The average molecular weight is 368 g/mol. The molecule has 0 spiro atoms. The first kappa shape index (κ1) is 19.4. The topological polar surface area (TPSA) is 98.8 Å². The third-order valence-electron chi connectivity index (χ3n) is 3.99. The van der Waals surface area contributed by atoms with Crippen LogP contribution in [0.25, 0.3) is 0 Å². The van der Waals surface area contributed by atoms with E-state index in [0.717, 1.165) is 4.31 Å². The minimum atomic E-state index is -3.52. The van der Waals surface area contributed by atoms with E-state index < -0.39 is 16.1 Å². The van der Waals surface area contributed by atoms with Crippen LogP contribution in [0.15, 0.2) is 24.3 Å². The molecule has 1 aliphatic heterocycles. The largest absolute Gasteiger partial charge is 0.326 e. The third-order valence-corrected chi connectivity index (χ3v) is 5.90. The van der Waals surface area contributed by atoms with Gasteiger partial charge in [0.05, 0.1) is 5.92 Å². The predicted molar refractivity (Wildman–Crippen MR) is 96.3 cm³/mol. The number of piperidine rings is 1. The molecular formula is C16H24N4O4S. The van der Waals surface area contributed by atoms with Crippen LogP contribution in [0.3, 0.4) is 0 Å². The van der Waals surface area contributed by atoms with Crippen molar-refractivity contribution in [1.82, 2.24) is 8.61 Å². The minimum absolute atomic E-state index is 0.164. The molecule has 1 aromatic rings. The fourth-order valence-electron chi connectivity index (χ4n) is 2.72. The van der Waals surface area contributed by atoms with Crippen LogP contribution < -0.4 is 10.6 Å². The van der Waals surface area contributed by atoms with E-state index in [1.807, 2.05) is 0 Å². The van der Waals surface area contributed by atoms with Crippen LogP contribution in [0.1, 0.15) is 19.8 Å². The van der Waals surface area contributed by atoms with Crippen molar-refractivity contribution in [2.45, 2.75) is 19.8 Å². The maximum Gasteiger partial charge on any atom is 0.281 e. The number of nitrogens with one attached hydrogen (secondary N) is 2. The highest BCUT2D eigenvalue weighted by Crippen LogP contribution is 2.22. The molecule has 2 rings (SSSR count). The highest BCUT2D eigenvalue weighted by atomic mass is 32.2. The standard InChI is InChI=1S/C16H24N4O4S/c1-12(21)17-14-7-4-8-15(10-14)18-16(22)13-6-5-9-20(11-13)25(23,24)19(2)3/h4,7-8,10,13H,5-6,9,11H2,1-3H3,(H,17,21)(H,18,22)/t13-/m0/s1. The van der Waals surface area contributed by atoms with Crippen LogP contribution in [0.4, 0.5) is 11.4 Å². The Hall–Kier alpha value is -1.97. The zero-order chi connectivity index (χ0) is 18.6. The summed E-state index contributed by atoms with van der Waals surface area (Å²) in [4.78, 5) is 23.6. The lowest BCUT2D eigenvalue weighted by Gasteiger charge is -2.32. The Kier molecular flexibility index (Phi) is 6.15. The maximum absolute atomic E-state index is 12.5. The molecule has 2 N–H and O–H groups in total. The number of hydrogen-bond donors (Lipinski definition) is 2. The van der Waals surface area contributed by atoms with Gasteiger partial charge in [-0.15, -0.1) is 0 Å². The smallest absolute Gasteiger partial charge is 0.281 e. The number of nitrogens with zero attached hydrogens (tertiary/aromatic N) is 2. The summed E-state index contributed by atoms with van der Waals surface area (Å²) < 4.78 is 27.0. The molecule has 0 bridgehead atoms. The summed E-state index contributed by atoms with van der Waals surface area (Å²) in [5.74, 6) is -0.827. The summed E-state index contributed by atoms with van der Waals surface area (Å²) in [5, 5.41) is 5.46. The fourth-order valence-corrected chi connectivity index (χ4v) is 3.91. The lowest BCUT2D eigenvalue weighted by molar-refractivity contribution is -0.121. The van der Waals surface area contributed by atoms with Crippen molar-refractivity contribution in [1.29, 1.82) is 0 Å². The molecule has 8 nitrogen and oxygen atoms in total. The first-order valence-corrected chi connectivity index (χ1v) is 9.46. The van der Waals surface area contributed by atoms with Gasteiger partial charge in [-0.05, 0) is 31.0 Å². The van der Waals surface area contributed by atoms with Gasteiger partial charge in [-0.3, -0.25) is 9.59 Å². The van der Waals surface area contributed by atoms with Crippen LogP contribution in [-0.4, -0.2) is 56.0 Å². The molecule has 2 amide bonds. The lowest BCUT2D eigenvalue weighted by atomic mass is 9.98. The van der Waals surface area contributed by atoms with Gasteiger partial charge in [0.2, 0.25) is 11.8 Å². The Morgan fingerprint density at radius 1 is 1.20 bits per heavy atom. The highest BCUT2D eigenvalue weighted by molar-refractivity contribution is 7.86. The molecular weight excluding hydrogens is 344 g/mol. The van der Waals surface area contributed by atoms with Gasteiger partial charge in [0.1, 0.15) is 0 Å². The van der Waals surface area contributed by atoms with E-state index in [1.165, 1.54) is 25.3 Å². The molecule has 9 heteroatoms. The quantitative estimate of drug-likeness (QED) is 0.813. The van der Waals surface area contributed by atoms with E-state index in [4.69, 9.17) is 0 Å². The van der Waals surface area contributed by atoms with E-state index in [2.05, 4.69) is 10.6 Å². The molecule has 1 aliphatic rings. The van der Waals surface area contributed by atoms with E-state index in [1.54, 1.807) is 24.3 Å². The van der Waals surface area contributed by atoms with Gasteiger partial charge in [-0.2, -0.15) is 17.0 Å². The Bertz CT molecular complexity index is 748. The SMILES string of the molecule is CC(=O)Nc1cccc(NC(=O)[C@H]2CCCN(S(=O)(=O)N(C)C)C2)c1. The molecule has 0 aromatic heterocycles. The van der Waals surface area contributed by atoms with Gasteiger partial charge < -0.3 is 10.6 Å². The van der Waals surface area contributed by atoms with Gasteiger partial charge in [0.25, 0.3) is 10.2 Å². The van der Waals surface area contributed by atoms with Crippen molar-refractivity contribution in [3.05, 3.63) is 24.3 Å². The van der Waals surface area contributed by atoms with Crippen molar-refractivity contribution in [3.8, 4) is 0 Å². The summed E-state index contributed by atoms with van der Waals surface area (Å²) >= 11 is 0. The number of carbonyl (C=O) groups is 2. The number of anilines is 2. The molecule has 1 aromatic carbocycles. The second-order valence-electron chi connectivity index (χ2n) is 6.24. The zero-order valence-corrected chi connectivity index (χ0v) is 15.5. The van der Waals surface area contributed by atoms with Crippen molar-refractivity contribution < 1.29 is 18.0 Å². The molecule has 138 valence electrons. The van der Waals surface area contributed by atoms with Crippen molar-refractivity contribution in [2.24, 2.45) is 5.92 Å². The maximum atomic E-state index is 12.5. The van der Waals surface area contributed by atoms with Gasteiger partial charge in [-0.1, -0.05) is 6.07 Å². The molecule has 0 aliphatic carbocycles. The van der Waals surface area contributed by atoms with Crippen molar-refractivity contribution in [3.63, 3.8) is 0 Å². The Labute approximate surface area is 148 Å². The lowest BCUT2D eigenvalue weighted by Crippen LogP contribution is -2.47. The monoisotopic (exact) mass is 368 g/mol. The number of amides is 2. The van der Waals surface area contributed by atoms with Crippen molar-refractivity contribution in [2.75, 3.05) is 37.8 Å². The van der Waals surface area contributed by atoms with Crippen LogP contribution in [0.2, 0.25) is 0 Å². The van der Waals surface area contributed by atoms with Crippen molar-refractivity contribution >= 4 is 33.4 Å².